The van der Waals surface area contributed by atoms with Crippen LogP contribution in [-0.2, 0) is 6.54 Å². The van der Waals surface area contributed by atoms with E-state index in [1.165, 1.54) is 11.7 Å². The largest absolute Gasteiger partial charge is 0.378 e. The minimum absolute atomic E-state index is 0.678. The van der Waals surface area contributed by atoms with Crippen molar-refractivity contribution in [2.24, 2.45) is 0 Å². The van der Waals surface area contributed by atoms with Gasteiger partial charge in [-0.2, -0.15) is 8.75 Å². The van der Waals surface area contributed by atoms with E-state index in [1.807, 2.05) is 32.0 Å². The van der Waals surface area contributed by atoms with Crippen molar-refractivity contribution < 1.29 is 0 Å². The van der Waals surface area contributed by atoms with Crippen molar-refractivity contribution in [2.75, 3.05) is 5.32 Å². The van der Waals surface area contributed by atoms with Crippen molar-refractivity contribution in [3.05, 3.63) is 35.4 Å². The number of aryl methyl sites for hydroxylation is 2. The maximum atomic E-state index is 4.43. The smallest absolute Gasteiger partial charge is 0.125 e. The predicted octanol–water partition coefficient (Wildman–Crippen LogP) is 2.64. The van der Waals surface area contributed by atoms with Gasteiger partial charge in [0.05, 0.1) is 24.0 Å². The second kappa shape index (κ2) is 4.38. The number of hydrogen-bond acceptors (Lipinski definition) is 5. The van der Waals surface area contributed by atoms with E-state index in [2.05, 4.69) is 24.0 Å². The number of nitrogens with zero attached hydrogens (tertiary/aromatic N) is 3. The maximum Gasteiger partial charge on any atom is 0.125 e. The molecule has 0 fully saturated rings. The third-order valence-electron chi connectivity index (χ3n) is 2.89. The number of anilines is 1. The van der Waals surface area contributed by atoms with Crippen molar-refractivity contribution in [3.63, 3.8) is 0 Å². The van der Waals surface area contributed by atoms with Crippen LogP contribution in [0.5, 0.6) is 0 Å². The highest BCUT2D eigenvalue weighted by atomic mass is 32.1. The van der Waals surface area contributed by atoms with Crippen LogP contribution in [0.15, 0.2) is 18.2 Å². The molecule has 0 saturated heterocycles. The van der Waals surface area contributed by atoms with Gasteiger partial charge in [-0.05, 0) is 32.0 Å². The summed E-state index contributed by atoms with van der Waals surface area (Å²) in [5.41, 5.74) is 5.06. The summed E-state index contributed by atoms with van der Waals surface area (Å²) in [5.74, 6) is 0.946. The van der Waals surface area contributed by atoms with Gasteiger partial charge < -0.3 is 10.3 Å². The molecule has 0 saturated carbocycles. The molecule has 1 aromatic carbocycles. The lowest BCUT2D eigenvalue weighted by molar-refractivity contribution is 0.988. The summed E-state index contributed by atoms with van der Waals surface area (Å²) in [5, 5.41) is 3.33. The molecule has 0 amide bonds. The first-order valence-electron chi connectivity index (χ1n) is 5.70. The second-order valence-electron chi connectivity index (χ2n) is 4.22. The minimum Gasteiger partial charge on any atom is -0.378 e. The fourth-order valence-electron chi connectivity index (χ4n) is 1.78. The van der Waals surface area contributed by atoms with Crippen molar-refractivity contribution >= 4 is 28.4 Å². The molecule has 0 aliphatic heterocycles. The van der Waals surface area contributed by atoms with E-state index in [9.17, 15) is 0 Å². The molecule has 92 valence electrons. The van der Waals surface area contributed by atoms with E-state index in [-0.39, 0.29) is 0 Å². The third kappa shape index (κ3) is 2.06. The van der Waals surface area contributed by atoms with Gasteiger partial charge in [0, 0.05) is 11.4 Å². The Labute approximate surface area is 109 Å². The van der Waals surface area contributed by atoms with Crippen LogP contribution >= 0.6 is 11.7 Å². The Kier molecular flexibility index (Phi) is 2.71. The lowest BCUT2D eigenvalue weighted by Gasteiger charge is -2.03. The summed E-state index contributed by atoms with van der Waals surface area (Å²) in [6.07, 6.45) is 0. The summed E-state index contributed by atoms with van der Waals surface area (Å²) in [7, 11) is 0. The highest BCUT2D eigenvalue weighted by molar-refractivity contribution is 7.00. The normalized spacial score (nSPS) is 11.0. The van der Waals surface area contributed by atoms with Crippen LogP contribution in [0.1, 0.15) is 17.2 Å². The summed E-state index contributed by atoms with van der Waals surface area (Å²) < 4.78 is 8.40. The number of benzene rings is 1. The van der Waals surface area contributed by atoms with Crippen molar-refractivity contribution in [3.8, 4) is 0 Å². The Morgan fingerprint density at radius 1 is 1.22 bits per heavy atom. The Hall–Kier alpha value is -1.95. The molecule has 2 N–H and O–H groups in total. The highest BCUT2D eigenvalue weighted by Gasteiger charge is 2.03. The molecular weight excluding hydrogens is 246 g/mol. The molecule has 18 heavy (non-hydrogen) atoms. The second-order valence-corrected chi connectivity index (χ2v) is 4.74. The van der Waals surface area contributed by atoms with Crippen LogP contribution in [0.25, 0.3) is 11.0 Å². The molecular formula is C12H13N5S. The van der Waals surface area contributed by atoms with E-state index in [0.717, 1.165) is 33.9 Å². The Balaban J connectivity index is 1.76. The molecule has 3 aromatic rings. The Morgan fingerprint density at radius 2 is 2.06 bits per heavy atom. The molecule has 0 spiro atoms. The van der Waals surface area contributed by atoms with Crippen LogP contribution in [0.3, 0.4) is 0 Å². The number of imidazole rings is 1. The molecule has 0 aliphatic carbocycles. The van der Waals surface area contributed by atoms with Crippen LogP contribution < -0.4 is 5.32 Å². The zero-order valence-electron chi connectivity index (χ0n) is 10.2. The number of rotatable bonds is 3. The maximum absolute atomic E-state index is 4.43. The monoisotopic (exact) mass is 259 g/mol. The molecule has 0 unspecified atom stereocenters. The van der Waals surface area contributed by atoms with Gasteiger partial charge in [0.2, 0.25) is 0 Å². The zero-order chi connectivity index (χ0) is 12.5. The zero-order valence-corrected chi connectivity index (χ0v) is 11.0. The Morgan fingerprint density at radius 3 is 2.83 bits per heavy atom. The number of H-pyrrole nitrogens is 1. The van der Waals surface area contributed by atoms with Gasteiger partial charge >= 0.3 is 0 Å². The molecule has 5 nitrogen and oxygen atoms in total. The summed E-state index contributed by atoms with van der Waals surface area (Å²) in [6.45, 7) is 4.71. The summed E-state index contributed by atoms with van der Waals surface area (Å²) in [4.78, 5) is 7.68. The quantitative estimate of drug-likeness (QED) is 0.759. The van der Waals surface area contributed by atoms with E-state index in [0.29, 0.717) is 6.54 Å². The standard InChI is InChI=1S/C12H13N5S/c1-7-8(2)15-12(14-7)6-13-9-3-4-10-11(5-9)17-18-16-10/h3-5,13H,6H2,1-2H3,(H,14,15). The SMILES string of the molecule is Cc1nc(CNc2ccc3nsnc3c2)[nH]c1C. The van der Waals surface area contributed by atoms with Gasteiger partial charge in [-0.3, -0.25) is 0 Å². The lowest BCUT2D eigenvalue weighted by Crippen LogP contribution is -2.01. The van der Waals surface area contributed by atoms with Crippen molar-refractivity contribution in [2.45, 2.75) is 20.4 Å². The molecule has 0 bridgehead atoms. The molecule has 3 rings (SSSR count). The molecule has 0 radical (unpaired) electrons. The molecule has 2 aromatic heterocycles. The molecule has 2 heterocycles. The number of nitrogens with one attached hydrogen (secondary N) is 2. The van der Waals surface area contributed by atoms with Crippen molar-refractivity contribution in [1.82, 2.24) is 18.7 Å². The fourth-order valence-corrected chi connectivity index (χ4v) is 2.30. The van der Waals surface area contributed by atoms with Gasteiger partial charge in [0.1, 0.15) is 16.9 Å². The van der Waals surface area contributed by atoms with Crippen LogP contribution in [-0.4, -0.2) is 18.7 Å². The minimum atomic E-state index is 0.678. The first-order chi connectivity index (χ1) is 8.72. The van der Waals surface area contributed by atoms with Gasteiger partial charge in [0.25, 0.3) is 0 Å². The summed E-state index contributed by atoms with van der Waals surface area (Å²) >= 11 is 1.24. The number of fused-ring (bicyclic) bond motifs is 1. The van der Waals surface area contributed by atoms with E-state index in [1.54, 1.807) is 0 Å². The molecule has 0 aliphatic rings. The average molecular weight is 259 g/mol. The molecule has 6 heteroatoms. The van der Waals surface area contributed by atoms with Crippen LogP contribution in [0.2, 0.25) is 0 Å². The topological polar surface area (TPSA) is 66.5 Å². The highest BCUT2D eigenvalue weighted by Crippen LogP contribution is 2.17. The number of aromatic amines is 1. The van der Waals surface area contributed by atoms with Crippen LogP contribution in [0, 0.1) is 13.8 Å². The van der Waals surface area contributed by atoms with Crippen molar-refractivity contribution in [1.29, 1.82) is 0 Å². The first-order valence-corrected chi connectivity index (χ1v) is 6.44. The third-order valence-corrected chi connectivity index (χ3v) is 3.45. The average Bonchev–Trinajstić information content (AvgIpc) is 2.94. The molecule has 0 atom stereocenters. The van der Waals surface area contributed by atoms with Gasteiger partial charge in [-0.15, -0.1) is 0 Å². The number of hydrogen-bond donors (Lipinski definition) is 2. The first kappa shape index (κ1) is 11.2. The van der Waals surface area contributed by atoms with Gasteiger partial charge in [-0.25, -0.2) is 4.98 Å². The summed E-state index contributed by atoms with van der Waals surface area (Å²) in [6, 6.07) is 5.98. The van der Waals surface area contributed by atoms with Crippen LogP contribution in [0.4, 0.5) is 5.69 Å². The van der Waals surface area contributed by atoms with E-state index in [4.69, 9.17) is 0 Å². The Bertz CT molecular complexity index is 665. The van der Waals surface area contributed by atoms with E-state index >= 15 is 0 Å². The predicted molar refractivity (Wildman–Crippen MR) is 72.8 cm³/mol. The lowest BCUT2D eigenvalue weighted by atomic mass is 10.3. The van der Waals surface area contributed by atoms with Gasteiger partial charge in [0.15, 0.2) is 0 Å². The number of aromatic nitrogens is 4. The fraction of sp³-hybridized carbons (Fsp3) is 0.250. The van der Waals surface area contributed by atoms with Gasteiger partial charge in [-0.1, -0.05) is 0 Å². The van der Waals surface area contributed by atoms with E-state index < -0.39 is 0 Å².